The first-order chi connectivity index (χ1) is 20.9. The highest BCUT2D eigenvalue weighted by Crippen LogP contribution is 2.42. The van der Waals surface area contributed by atoms with E-state index in [-0.39, 0.29) is 6.61 Å². The summed E-state index contributed by atoms with van der Waals surface area (Å²) < 4.78 is 74.0. The van der Waals surface area contributed by atoms with Gasteiger partial charge in [0.1, 0.15) is 17.8 Å². The predicted octanol–water partition coefficient (Wildman–Crippen LogP) is 2.13. The third-order valence-electron chi connectivity index (χ3n) is 6.99. The maximum absolute atomic E-state index is 12.7. The van der Waals surface area contributed by atoms with Crippen LogP contribution < -0.4 is 11.2 Å². The first kappa shape index (κ1) is 31.5. The number of rotatable bonds is 11. The molecule has 0 bridgehead atoms. The summed E-state index contributed by atoms with van der Waals surface area (Å²) in [6.07, 6.45) is -3.38. The second-order valence-electron chi connectivity index (χ2n) is 10.2. The molecule has 0 aliphatic carbocycles. The van der Waals surface area contributed by atoms with E-state index < -0.39 is 61.6 Å². The highest BCUT2D eigenvalue weighted by atomic mass is 32.2. The zero-order valence-corrected chi connectivity index (χ0v) is 25.3. The summed E-state index contributed by atoms with van der Waals surface area (Å²) in [4.78, 5) is 26.6. The van der Waals surface area contributed by atoms with Crippen LogP contribution in [-0.2, 0) is 43.7 Å². The number of ether oxygens (including phenoxy) is 2. The summed E-state index contributed by atoms with van der Waals surface area (Å²) in [5, 5.41) is 0. The average Bonchev–Trinajstić information content (AvgIpc) is 3.28. The zero-order valence-electron chi connectivity index (χ0n) is 23.7. The van der Waals surface area contributed by atoms with E-state index >= 15 is 0 Å². The molecule has 0 radical (unpaired) electrons. The highest BCUT2D eigenvalue weighted by molar-refractivity contribution is 7.86. The maximum Gasteiger partial charge on any atom is 0.330 e. The van der Waals surface area contributed by atoms with Crippen LogP contribution in [0.1, 0.15) is 22.9 Å². The Labute approximate surface area is 254 Å². The van der Waals surface area contributed by atoms with Gasteiger partial charge in [0.05, 0.1) is 19.1 Å². The second-order valence-corrected chi connectivity index (χ2v) is 13.4. The molecule has 3 aromatic carbocycles. The number of aromatic amines is 1. The van der Waals surface area contributed by atoms with Gasteiger partial charge in [0.25, 0.3) is 25.8 Å². The molecule has 5 rings (SSSR count). The fourth-order valence-electron chi connectivity index (χ4n) is 5.29. The SMILES string of the molecule is CS(=O)(=O)O[C@@H]1[C@H](OS(C)(=O)=O)[C@H](n2ccc(=O)[nH]c2=O)O[C@@H]1COC(c1ccccc1)(c1ccccc1)c1ccccc1. The van der Waals surface area contributed by atoms with Crippen LogP contribution in [0.3, 0.4) is 0 Å². The Morgan fingerprint density at radius 1 is 0.727 bits per heavy atom. The number of hydrogen-bond donors (Lipinski definition) is 1. The van der Waals surface area contributed by atoms with Crippen molar-refractivity contribution in [1.82, 2.24) is 9.55 Å². The lowest BCUT2D eigenvalue weighted by molar-refractivity contribution is -0.0929. The van der Waals surface area contributed by atoms with Crippen LogP contribution in [0.5, 0.6) is 0 Å². The molecule has 14 heteroatoms. The predicted molar refractivity (Wildman–Crippen MR) is 160 cm³/mol. The Hall–Kier alpha value is -3.92. The Morgan fingerprint density at radius 2 is 1.18 bits per heavy atom. The molecule has 232 valence electrons. The number of aromatic nitrogens is 2. The molecule has 1 aromatic heterocycles. The molecule has 2 heterocycles. The molecule has 12 nitrogen and oxygen atoms in total. The lowest BCUT2D eigenvalue weighted by Crippen LogP contribution is -2.43. The average molecular weight is 643 g/mol. The standard InChI is InChI=1S/C30H30N2O10S2/c1-43(35,36)41-26-24(40-28(27(26)42-44(2,37)38)32-19-18-25(33)31-29(32)34)20-39-30(21-12-6-3-7-13-21,22-14-8-4-9-15-22)23-16-10-5-11-17-23/h3-19,24,26-28H,20H2,1-2H3,(H,31,33,34)/t24-,26+,27+,28-/m1/s1. The Kier molecular flexibility index (Phi) is 9.02. The second kappa shape index (κ2) is 12.6. The molecule has 0 saturated carbocycles. The van der Waals surface area contributed by atoms with E-state index in [0.717, 1.165) is 46.0 Å². The van der Waals surface area contributed by atoms with Crippen molar-refractivity contribution in [2.24, 2.45) is 0 Å². The molecular formula is C30H30N2O10S2. The Morgan fingerprint density at radius 3 is 1.61 bits per heavy atom. The van der Waals surface area contributed by atoms with E-state index in [1.807, 2.05) is 91.0 Å². The van der Waals surface area contributed by atoms with Crippen molar-refractivity contribution in [1.29, 1.82) is 0 Å². The van der Waals surface area contributed by atoms with Gasteiger partial charge >= 0.3 is 5.69 Å². The largest absolute Gasteiger partial charge is 0.358 e. The van der Waals surface area contributed by atoms with Crippen LogP contribution in [0.2, 0.25) is 0 Å². The Bertz CT molecular complexity index is 1820. The van der Waals surface area contributed by atoms with E-state index in [1.54, 1.807) is 0 Å². The molecule has 1 N–H and O–H groups in total. The van der Waals surface area contributed by atoms with Crippen LogP contribution in [-0.4, -0.2) is 63.8 Å². The normalized spacial score (nSPS) is 20.9. The molecule has 1 saturated heterocycles. The fraction of sp³-hybridized carbons (Fsp3) is 0.267. The number of H-pyrrole nitrogens is 1. The van der Waals surface area contributed by atoms with Crippen molar-refractivity contribution >= 4 is 20.2 Å². The van der Waals surface area contributed by atoms with Gasteiger partial charge in [-0.15, -0.1) is 0 Å². The topological polar surface area (TPSA) is 160 Å². The summed E-state index contributed by atoms with van der Waals surface area (Å²) >= 11 is 0. The minimum Gasteiger partial charge on any atom is -0.358 e. The summed E-state index contributed by atoms with van der Waals surface area (Å²) in [7, 11) is -8.45. The molecule has 0 amide bonds. The number of hydrogen-bond acceptors (Lipinski definition) is 10. The van der Waals surface area contributed by atoms with Gasteiger partial charge in [-0.2, -0.15) is 16.8 Å². The van der Waals surface area contributed by atoms with Crippen molar-refractivity contribution in [2.75, 3.05) is 19.1 Å². The summed E-state index contributed by atoms with van der Waals surface area (Å²) in [6.45, 7) is -0.350. The van der Waals surface area contributed by atoms with Gasteiger partial charge in [0, 0.05) is 12.3 Å². The highest BCUT2D eigenvalue weighted by Gasteiger charge is 2.52. The van der Waals surface area contributed by atoms with Crippen LogP contribution in [0, 0.1) is 0 Å². The lowest BCUT2D eigenvalue weighted by atomic mass is 9.80. The van der Waals surface area contributed by atoms with Gasteiger partial charge in [-0.05, 0) is 16.7 Å². The van der Waals surface area contributed by atoms with Gasteiger partial charge in [-0.3, -0.25) is 22.7 Å². The van der Waals surface area contributed by atoms with E-state index in [1.165, 1.54) is 0 Å². The van der Waals surface area contributed by atoms with Crippen LogP contribution in [0.25, 0.3) is 0 Å². The minimum atomic E-state index is -4.24. The first-order valence-electron chi connectivity index (χ1n) is 13.4. The third-order valence-corrected chi connectivity index (χ3v) is 8.13. The molecule has 0 spiro atoms. The lowest BCUT2D eigenvalue weighted by Gasteiger charge is -2.37. The third kappa shape index (κ3) is 6.90. The van der Waals surface area contributed by atoms with E-state index in [2.05, 4.69) is 4.98 Å². The van der Waals surface area contributed by atoms with Gasteiger partial charge < -0.3 is 9.47 Å². The molecule has 44 heavy (non-hydrogen) atoms. The van der Waals surface area contributed by atoms with E-state index in [4.69, 9.17) is 17.8 Å². The van der Waals surface area contributed by atoms with Gasteiger partial charge in [-0.25, -0.2) is 4.79 Å². The monoisotopic (exact) mass is 642 g/mol. The van der Waals surface area contributed by atoms with Crippen molar-refractivity contribution < 1.29 is 34.7 Å². The smallest absolute Gasteiger partial charge is 0.330 e. The molecular weight excluding hydrogens is 612 g/mol. The van der Waals surface area contributed by atoms with Crippen molar-refractivity contribution in [3.05, 3.63) is 141 Å². The number of nitrogens with one attached hydrogen (secondary N) is 1. The molecule has 4 aromatic rings. The van der Waals surface area contributed by atoms with Crippen LogP contribution >= 0.6 is 0 Å². The molecule has 0 unspecified atom stereocenters. The van der Waals surface area contributed by atoms with Crippen molar-refractivity contribution in [3.63, 3.8) is 0 Å². The summed E-state index contributed by atoms with van der Waals surface area (Å²) in [5.41, 5.74) is -0.651. The van der Waals surface area contributed by atoms with E-state index in [0.29, 0.717) is 0 Å². The number of benzene rings is 3. The van der Waals surface area contributed by atoms with E-state index in [9.17, 15) is 26.4 Å². The number of nitrogens with zero attached hydrogens (tertiary/aromatic N) is 1. The summed E-state index contributed by atoms with van der Waals surface area (Å²) in [5.74, 6) is 0. The van der Waals surface area contributed by atoms with Gasteiger partial charge in [0.15, 0.2) is 12.3 Å². The summed E-state index contributed by atoms with van der Waals surface area (Å²) in [6, 6.07) is 29.1. The van der Waals surface area contributed by atoms with Gasteiger partial charge in [-0.1, -0.05) is 91.0 Å². The molecule has 1 aliphatic rings. The zero-order chi connectivity index (χ0) is 31.5. The quantitative estimate of drug-likeness (QED) is 0.190. The maximum atomic E-state index is 12.7. The molecule has 4 atom stereocenters. The minimum absolute atomic E-state index is 0.350. The fourth-order valence-corrected chi connectivity index (χ4v) is 6.54. The van der Waals surface area contributed by atoms with Gasteiger partial charge in [0.2, 0.25) is 0 Å². The van der Waals surface area contributed by atoms with Crippen molar-refractivity contribution in [3.8, 4) is 0 Å². The molecule has 1 aliphatic heterocycles. The van der Waals surface area contributed by atoms with Crippen molar-refractivity contribution in [2.45, 2.75) is 30.1 Å². The van der Waals surface area contributed by atoms with Crippen LogP contribution in [0.4, 0.5) is 0 Å². The Balaban J connectivity index is 1.64. The molecule has 1 fully saturated rings. The first-order valence-corrected chi connectivity index (χ1v) is 17.0. The van der Waals surface area contributed by atoms with Crippen LogP contribution in [0.15, 0.2) is 113 Å².